The second-order valence-electron chi connectivity index (χ2n) is 4.61. The molecular formula is C16H16BrF2N. The van der Waals surface area contributed by atoms with Crippen molar-refractivity contribution in [2.24, 2.45) is 0 Å². The minimum atomic E-state index is -0.348. The summed E-state index contributed by atoms with van der Waals surface area (Å²) in [4.78, 5) is 0. The highest BCUT2D eigenvalue weighted by molar-refractivity contribution is 9.10. The zero-order valence-corrected chi connectivity index (χ0v) is 12.8. The van der Waals surface area contributed by atoms with Gasteiger partial charge in [0.1, 0.15) is 11.6 Å². The van der Waals surface area contributed by atoms with Gasteiger partial charge in [-0.15, -0.1) is 0 Å². The summed E-state index contributed by atoms with van der Waals surface area (Å²) in [5, 5.41) is 3.27. The molecule has 1 unspecified atom stereocenters. The van der Waals surface area contributed by atoms with E-state index in [9.17, 15) is 8.78 Å². The minimum Gasteiger partial charge on any atom is -0.306 e. The number of halogens is 3. The van der Waals surface area contributed by atoms with E-state index >= 15 is 0 Å². The standard InChI is InChI=1S/C16H16BrF2N/c1-2-8-20-16(11-4-3-5-13(18)9-11)14-7-6-12(17)10-15(14)19/h3-7,9-10,16,20H,2,8H2,1H3. The van der Waals surface area contributed by atoms with E-state index in [-0.39, 0.29) is 17.7 Å². The topological polar surface area (TPSA) is 12.0 Å². The zero-order chi connectivity index (χ0) is 14.5. The summed E-state index contributed by atoms with van der Waals surface area (Å²) in [5.74, 6) is -0.624. The number of hydrogen-bond donors (Lipinski definition) is 1. The Morgan fingerprint density at radius 3 is 2.60 bits per heavy atom. The van der Waals surface area contributed by atoms with Crippen LogP contribution in [0, 0.1) is 11.6 Å². The Hall–Kier alpha value is -1.26. The maximum Gasteiger partial charge on any atom is 0.129 e. The van der Waals surface area contributed by atoms with Gasteiger partial charge in [0.15, 0.2) is 0 Å². The van der Waals surface area contributed by atoms with Crippen LogP contribution in [-0.2, 0) is 0 Å². The summed E-state index contributed by atoms with van der Waals surface area (Å²) in [6.07, 6.45) is 0.921. The quantitative estimate of drug-likeness (QED) is 0.823. The van der Waals surface area contributed by atoms with Gasteiger partial charge in [0, 0.05) is 10.0 Å². The molecule has 0 amide bonds. The summed E-state index contributed by atoms with van der Waals surface area (Å²) in [7, 11) is 0. The molecule has 2 aromatic carbocycles. The van der Waals surface area contributed by atoms with E-state index in [1.54, 1.807) is 24.3 Å². The van der Waals surface area contributed by atoms with E-state index in [1.807, 2.05) is 6.92 Å². The van der Waals surface area contributed by atoms with Gasteiger partial charge in [0.05, 0.1) is 6.04 Å². The summed E-state index contributed by atoms with van der Waals surface area (Å²) < 4.78 is 28.2. The van der Waals surface area contributed by atoms with Crippen molar-refractivity contribution in [1.82, 2.24) is 5.32 Å². The average Bonchev–Trinajstić information content (AvgIpc) is 2.41. The van der Waals surface area contributed by atoms with E-state index in [4.69, 9.17) is 0 Å². The fraction of sp³-hybridized carbons (Fsp3) is 0.250. The molecule has 0 heterocycles. The summed E-state index contributed by atoms with van der Waals surface area (Å²) >= 11 is 3.25. The zero-order valence-electron chi connectivity index (χ0n) is 11.2. The Labute approximate surface area is 126 Å². The average molecular weight is 340 g/mol. The highest BCUT2D eigenvalue weighted by atomic mass is 79.9. The van der Waals surface area contributed by atoms with Crippen molar-refractivity contribution in [2.45, 2.75) is 19.4 Å². The van der Waals surface area contributed by atoms with Crippen molar-refractivity contribution in [3.05, 3.63) is 69.7 Å². The van der Waals surface area contributed by atoms with Crippen LogP contribution in [0.5, 0.6) is 0 Å². The van der Waals surface area contributed by atoms with E-state index in [1.165, 1.54) is 18.2 Å². The predicted octanol–water partition coefficient (Wildman–Crippen LogP) is 4.82. The Morgan fingerprint density at radius 1 is 1.15 bits per heavy atom. The van der Waals surface area contributed by atoms with Crippen LogP contribution in [0.3, 0.4) is 0 Å². The van der Waals surface area contributed by atoms with Gasteiger partial charge in [0.25, 0.3) is 0 Å². The Morgan fingerprint density at radius 2 is 1.95 bits per heavy atom. The molecule has 106 valence electrons. The molecule has 2 rings (SSSR count). The van der Waals surface area contributed by atoms with Gasteiger partial charge in [-0.3, -0.25) is 0 Å². The molecule has 0 fully saturated rings. The second kappa shape index (κ2) is 6.95. The minimum absolute atomic E-state index is 0.308. The second-order valence-corrected chi connectivity index (χ2v) is 5.52. The Balaban J connectivity index is 2.41. The van der Waals surface area contributed by atoms with Crippen molar-refractivity contribution in [1.29, 1.82) is 0 Å². The van der Waals surface area contributed by atoms with E-state index in [0.29, 0.717) is 10.0 Å². The molecular weight excluding hydrogens is 324 g/mol. The monoisotopic (exact) mass is 339 g/mol. The molecule has 2 aromatic rings. The molecule has 1 atom stereocenters. The SMILES string of the molecule is CCCNC(c1cccc(F)c1)c1ccc(Br)cc1F. The van der Waals surface area contributed by atoms with Crippen LogP contribution >= 0.6 is 15.9 Å². The lowest BCUT2D eigenvalue weighted by Gasteiger charge is -2.20. The third-order valence-electron chi connectivity index (χ3n) is 3.05. The van der Waals surface area contributed by atoms with Crippen LogP contribution in [0.1, 0.15) is 30.5 Å². The highest BCUT2D eigenvalue weighted by Crippen LogP contribution is 2.27. The normalized spacial score (nSPS) is 12.4. The Kier molecular flexibility index (Phi) is 5.26. The number of hydrogen-bond acceptors (Lipinski definition) is 1. The molecule has 0 spiro atoms. The van der Waals surface area contributed by atoms with Gasteiger partial charge in [-0.25, -0.2) is 8.78 Å². The molecule has 0 aliphatic rings. The molecule has 20 heavy (non-hydrogen) atoms. The van der Waals surface area contributed by atoms with Crippen LogP contribution in [0.2, 0.25) is 0 Å². The van der Waals surface area contributed by atoms with Crippen molar-refractivity contribution in [3.8, 4) is 0 Å². The lowest BCUT2D eigenvalue weighted by molar-refractivity contribution is 0.542. The van der Waals surface area contributed by atoms with Crippen LogP contribution < -0.4 is 5.32 Å². The maximum atomic E-state index is 14.2. The van der Waals surface area contributed by atoms with Gasteiger partial charge in [-0.2, -0.15) is 0 Å². The Bertz CT molecular complexity index is 586. The van der Waals surface area contributed by atoms with E-state index in [0.717, 1.165) is 18.5 Å². The number of benzene rings is 2. The van der Waals surface area contributed by atoms with Crippen molar-refractivity contribution < 1.29 is 8.78 Å². The molecule has 0 aliphatic carbocycles. The first-order valence-corrected chi connectivity index (χ1v) is 7.35. The highest BCUT2D eigenvalue weighted by Gasteiger charge is 2.17. The van der Waals surface area contributed by atoms with E-state index in [2.05, 4.69) is 21.2 Å². The summed E-state index contributed by atoms with van der Waals surface area (Å²) in [6, 6.07) is 10.9. The molecule has 0 aliphatic heterocycles. The largest absolute Gasteiger partial charge is 0.306 e. The maximum absolute atomic E-state index is 14.2. The van der Waals surface area contributed by atoms with Crippen LogP contribution in [0.25, 0.3) is 0 Å². The first-order valence-electron chi connectivity index (χ1n) is 6.55. The third kappa shape index (κ3) is 3.64. The molecule has 4 heteroatoms. The summed E-state index contributed by atoms with van der Waals surface area (Å²) in [6.45, 7) is 2.77. The van der Waals surface area contributed by atoms with Gasteiger partial charge < -0.3 is 5.32 Å². The summed E-state index contributed by atoms with van der Waals surface area (Å²) in [5.41, 5.74) is 1.24. The van der Waals surface area contributed by atoms with Crippen molar-refractivity contribution in [3.63, 3.8) is 0 Å². The smallest absolute Gasteiger partial charge is 0.129 e. The first kappa shape index (κ1) is 15.1. The third-order valence-corrected chi connectivity index (χ3v) is 3.55. The van der Waals surface area contributed by atoms with Crippen LogP contribution in [0.15, 0.2) is 46.9 Å². The van der Waals surface area contributed by atoms with Crippen LogP contribution in [0.4, 0.5) is 8.78 Å². The van der Waals surface area contributed by atoms with Crippen molar-refractivity contribution in [2.75, 3.05) is 6.54 Å². The molecule has 0 radical (unpaired) electrons. The van der Waals surface area contributed by atoms with Gasteiger partial charge in [-0.05, 0) is 42.8 Å². The number of rotatable bonds is 5. The van der Waals surface area contributed by atoms with Gasteiger partial charge in [-0.1, -0.05) is 41.1 Å². The van der Waals surface area contributed by atoms with Gasteiger partial charge >= 0.3 is 0 Å². The first-order chi connectivity index (χ1) is 9.61. The van der Waals surface area contributed by atoms with Crippen molar-refractivity contribution >= 4 is 15.9 Å². The fourth-order valence-electron chi connectivity index (χ4n) is 2.12. The fourth-order valence-corrected chi connectivity index (χ4v) is 2.45. The predicted molar refractivity (Wildman–Crippen MR) is 80.6 cm³/mol. The molecule has 0 bridgehead atoms. The molecule has 0 saturated carbocycles. The molecule has 0 aromatic heterocycles. The molecule has 1 N–H and O–H groups in total. The van der Waals surface area contributed by atoms with E-state index < -0.39 is 0 Å². The number of nitrogens with one attached hydrogen (secondary N) is 1. The lowest BCUT2D eigenvalue weighted by Crippen LogP contribution is -2.24. The molecule has 0 saturated heterocycles. The lowest BCUT2D eigenvalue weighted by atomic mass is 9.98. The van der Waals surface area contributed by atoms with Crippen LogP contribution in [-0.4, -0.2) is 6.54 Å². The van der Waals surface area contributed by atoms with Gasteiger partial charge in [0.2, 0.25) is 0 Å². The molecule has 1 nitrogen and oxygen atoms in total.